The number of aromatic nitrogens is 6. The number of anilines is 1. The molecule has 3 aromatic heterocycles. The number of amides is 1. The monoisotopic (exact) mass is 403 g/mol. The second kappa shape index (κ2) is 6.94. The molecule has 1 amide bonds. The van der Waals surface area contributed by atoms with Gasteiger partial charge in [0.25, 0.3) is 0 Å². The highest BCUT2D eigenvalue weighted by atomic mass is 16.5. The van der Waals surface area contributed by atoms with Crippen molar-refractivity contribution in [1.29, 1.82) is 0 Å². The summed E-state index contributed by atoms with van der Waals surface area (Å²) in [7, 11) is 0. The molecule has 0 bridgehead atoms. The Morgan fingerprint density at radius 2 is 1.90 bits per heavy atom. The zero-order chi connectivity index (χ0) is 20.8. The van der Waals surface area contributed by atoms with Crippen LogP contribution in [0.2, 0.25) is 0 Å². The molecule has 1 aliphatic heterocycles. The Morgan fingerprint density at radius 1 is 1.10 bits per heavy atom. The van der Waals surface area contributed by atoms with Gasteiger partial charge in [-0.05, 0) is 50.6 Å². The van der Waals surface area contributed by atoms with Crippen molar-refractivity contribution in [2.24, 2.45) is 0 Å². The number of fused-ring (bicyclic) bond motifs is 2. The normalized spacial score (nSPS) is 15.8. The van der Waals surface area contributed by atoms with Crippen LogP contribution in [-0.2, 0) is 4.79 Å². The first kappa shape index (κ1) is 18.3. The Morgan fingerprint density at radius 3 is 2.67 bits per heavy atom. The molecule has 4 aromatic rings. The Balaban J connectivity index is 1.61. The van der Waals surface area contributed by atoms with Crippen LogP contribution in [0.3, 0.4) is 0 Å². The summed E-state index contributed by atoms with van der Waals surface area (Å²) in [6, 6.07) is 11.6. The highest BCUT2D eigenvalue weighted by Crippen LogP contribution is 2.40. The van der Waals surface area contributed by atoms with Gasteiger partial charge in [-0.3, -0.25) is 4.79 Å². The molecule has 0 spiro atoms. The summed E-state index contributed by atoms with van der Waals surface area (Å²) in [5.41, 5.74) is 3.56. The van der Waals surface area contributed by atoms with Gasteiger partial charge in [0.2, 0.25) is 5.91 Å². The fraction of sp³-hybridized carbons (Fsp3) is 0.286. The fourth-order valence-corrected chi connectivity index (χ4v) is 3.96. The first-order valence-electron chi connectivity index (χ1n) is 9.86. The zero-order valence-electron chi connectivity index (χ0n) is 17.0. The maximum atomic E-state index is 12.6. The van der Waals surface area contributed by atoms with Crippen molar-refractivity contribution in [3.63, 3.8) is 0 Å². The minimum absolute atomic E-state index is 0.0518. The van der Waals surface area contributed by atoms with E-state index in [4.69, 9.17) is 9.84 Å². The van der Waals surface area contributed by atoms with Crippen LogP contribution >= 0.6 is 0 Å². The summed E-state index contributed by atoms with van der Waals surface area (Å²) in [6.45, 7) is 6.36. The van der Waals surface area contributed by atoms with Gasteiger partial charge in [0.05, 0.1) is 12.3 Å². The van der Waals surface area contributed by atoms with Gasteiger partial charge in [-0.25, -0.2) is 0 Å². The standard InChI is InChI=1S/C21H21N7O2/c1-4-30-15-7-5-14(6-8-15)16-11-19(29)22-21-20(16)12(2)25-28(21)18-10-9-17-24-23-13(3)27(17)26-18/h5-10,16H,4,11H2,1-3H3,(H,22,29)/t16-/m0/s1. The van der Waals surface area contributed by atoms with E-state index < -0.39 is 0 Å². The SMILES string of the molecule is CCOc1ccc([C@@H]2CC(=O)Nc3c2c(C)nn3-c2ccc3nnc(C)n3n2)cc1. The largest absolute Gasteiger partial charge is 0.494 e. The van der Waals surface area contributed by atoms with E-state index in [2.05, 4.69) is 20.6 Å². The molecule has 30 heavy (non-hydrogen) atoms. The second-order valence-electron chi connectivity index (χ2n) is 7.28. The topological polar surface area (TPSA) is 99.2 Å². The lowest BCUT2D eigenvalue weighted by molar-refractivity contribution is -0.116. The quantitative estimate of drug-likeness (QED) is 0.563. The minimum atomic E-state index is -0.0847. The van der Waals surface area contributed by atoms with E-state index in [0.717, 1.165) is 22.6 Å². The van der Waals surface area contributed by atoms with Gasteiger partial charge in [0.1, 0.15) is 11.6 Å². The molecule has 152 valence electrons. The molecule has 0 saturated carbocycles. The number of benzene rings is 1. The maximum absolute atomic E-state index is 12.6. The predicted octanol–water partition coefficient (Wildman–Crippen LogP) is 2.80. The van der Waals surface area contributed by atoms with Crippen LogP contribution in [0.25, 0.3) is 11.5 Å². The number of carbonyl (C=O) groups is 1. The summed E-state index contributed by atoms with van der Waals surface area (Å²) >= 11 is 0. The van der Waals surface area contributed by atoms with Crippen molar-refractivity contribution in [3.8, 4) is 11.6 Å². The zero-order valence-corrected chi connectivity index (χ0v) is 17.0. The molecule has 1 N–H and O–H groups in total. The summed E-state index contributed by atoms with van der Waals surface area (Å²) in [6.07, 6.45) is 0.366. The van der Waals surface area contributed by atoms with Gasteiger partial charge in [-0.1, -0.05) is 12.1 Å². The first-order chi connectivity index (χ1) is 14.5. The van der Waals surface area contributed by atoms with Crippen molar-refractivity contribution in [2.45, 2.75) is 33.1 Å². The van der Waals surface area contributed by atoms with Crippen molar-refractivity contribution < 1.29 is 9.53 Å². The number of nitrogens with one attached hydrogen (secondary N) is 1. The number of hydrogen-bond acceptors (Lipinski definition) is 6. The van der Waals surface area contributed by atoms with Crippen LogP contribution in [0.4, 0.5) is 5.82 Å². The van der Waals surface area contributed by atoms with E-state index in [1.165, 1.54) is 0 Å². The molecule has 0 aliphatic carbocycles. The van der Waals surface area contributed by atoms with Gasteiger partial charge < -0.3 is 10.1 Å². The number of rotatable bonds is 4. The van der Waals surface area contributed by atoms with Crippen LogP contribution in [0.5, 0.6) is 5.75 Å². The van der Waals surface area contributed by atoms with E-state index in [9.17, 15) is 4.79 Å². The van der Waals surface area contributed by atoms with E-state index in [1.54, 1.807) is 9.20 Å². The molecular formula is C21H21N7O2. The lowest BCUT2D eigenvalue weighted by Crippen LogP contribution is -2.25. The summed E-state index contributed by atoms with van der Waals surface area (Å²) in [4.78, 5) is 12.6. The average molecular weight is 403 g/mol. The lowest BCUT2D eigenvalue weighted by Gasteiger charge is -2.24. The first-order valence-corrected chi connectivity index (χ1v) is 9.86. The third kappa shape index (κ3) is 2.90. The molecule has 0 unspecified atom stereocenters. The minimum Gasteiger partial charge on any atom is -0.494 e. The molecule has 1 aliphatic rings. The predicted molar refractivity (Wildman–Crippen MR) is 110 cm³/mol. The third-order valence-electron chi connectivity index (χ3n) is 5.32. The highest BCUT2D eigenvalue weighted by molar-refractivity contribution is 5.95. The van der Waals surface area contributed by atoms with Gasteiger partial charge in [-0.15, -0.1) is 15.3 Å². The molecule has 9 nitrogen and oxygen atoms in total. The molecular weight excluding hydrogens is 382 g/mol. The molecule has 1 atom stereocenters. The van der Waals surface area contributed by atoms with Gasteiger partial charge in [0, 0.05) is 17.9 Å². The maximum Gasteiger partial charge on any atom is 0.226 e. The summed E-state index contributed by atoms with van der Waals surface area (Å²) < 4.78 is 8.89. The van der Waals surface area contributed by atoms with Crippen molar-refractivity contribution in [2.75, 3.05) is 11.9 Å². The number of hydrogen-bond donors (Lipinski definition) is 1. The van der Waals surface area contributed by atoms with Crippen LogP contribution in [0, 0.1) is 13.8 Å². The number of nitrogens with zero attached hydrogens (tertiary/aromatic N) is 6. The Labute approximate surface area is 172 Å². The molecule has 0 saturated heterocycles. The van der Waals surface area contributed by atoms with E-state index in [-0.39, 0.29) is 11.8 Å². The molecule has 0 fully saturated rings. The number of ether oxygens (including phenoxy) is 1. The van der Waals surface area contributed by atoms with Crippen LogP contribution in [0.15, 0.2) is 36.4 Å². The molecule has 9 heteroatoms. The molecule has 5 rings (SSSR count). The smallest absolute Gasteiger partial charge is 0.226 e. The van der Waals surface area contributed by atoms with E-state index in [1.807, 2.05) is 57.2 Å². The molecule has 4 heterocycles. The lowest BCUT2D eigenvalue weighted by atomic mass is 9.86. The van der Waals surface area contributed by atoms with Crippen molar-refractivity contribution >= 4 is 17.4 Å². The van der Waals surface area contributed by atoms with Gasteiger partial charge in [0.15, 0.2) is 17.3 Å². The Hall–Kier alpha value is -3.75. The van der Waals surface area contributed by atoms with Gasteiger partial charge >= 0.3 is 0 Å². The average Bonchev–Trinajstić information content (AvgIpc) is 3.28. The summed E-state index contributed by atoms with van der Waals surface area (Å²) in [5.74, 6) is 2.60. The Bertz CT molecular complexity index is 1260. The third-order valence-corrected chi connectivity index (χ3v) is 5.32. The number of aryl methyl sites for hydroxylation is 2. The van der Waals surface area contributed by atoms with Crippen LogP contribution < -0.4 is 10.1 Å². The highest BCUT2D eigenvalue weighted by Gasteiger charge is 2.33. The van der Waals surface area contributed by atoms with Crippen LogP contribution in [0.1, 0.15) is 41.9 Å². The second-order valence-corrected chi connectivity index (χ2v) is 7.28. The van der Waals surface area contributed by atoms with Gasteiger partial charge in [-0.2, -0.15) is 14.3 Å². The Kier molecular flexibility index (Phi) is 4.23. The fourth-order valence-electron chi connectivity index (χ4n) is 3.96. The van der Waals surface area contributed by atoms with E-state index in [0.29, 0.717) is 36.1 Å². The van der Waals surface area contributed by atoms with Crippen molar-refractivity contribution in [3.05, 3.63) is 59.0 Å². The van der Waals surface area contributed by atoms with Crippen molar-refractivity contribution in [1.82, 2.24) is 29.6 Å². The molecule has 0 radical (unpaired) electrons. The molecule has 1 aromatic carbocycles. The number of carbonyl (C=O) groups excluding carboxylic acids is 1. The summed E-state index contributed by atoms with van der Waals surface area (Å²) in [5, 5.41) is 20.4. The van der Waals surface area contributed by atoms with Crippen LogP contribution in [-0.4, -0.2) is 42.1 Å². The van der Waals surface area contributed by atoms with E-state index >= 15 is 0 Å².